The fourth-order valence-corrected chi connectivity index (χ4v) is 2.06. The smallest absolute Gasteiger partial charge is 0.270 e. The van der Waals surface area contributed by atoms with Crippen LogP contribution < -0.4 is 10.6 Å². The van der Waals surface area contributed by atoms with E-state index in [0.717, 1.165) is 12.0 Å². The molecule has 0 bridgehead atoms. The number of carbonyl (C=O) groups is 1. The number of halogens is 1. The maximum Gasteiger partial charge on any atom is 0.270 e. The molecule has 23 heavy (non-hydrogen) atoms. The van der Waals surface area contributed by atoms with Crippen LogP contribution in [0.5, 0.6) is 0 Å². The molecule has 2 rings (SSSR count). The van der Waals surface area contributed by atoms with Crippen molar-refractivity contribution in [1.82, 2.24) is 15.3 Å². The van der Waals surface area contributed by atoms with Crippen LogP contribution in [0.2, 0.25) is 5.02 Å². The summed E-state index contributed by atoms with van der Waals surface area (Å²) >= 11 is 5.86. The molecule has 2 aromatic rings. The van der Waals surface area contributed by atoms with Crippen molar-refractivity contribution in [2.45, 2.75) is 26.8 Å². The quantitative estimate of drug-likeness (QED) is 0.814. The van der Waals surface area contributed by atoms with Crippen molar-refractivity contribution in [1.29, 1.82) is 0 Å². The lowest BCUT2D eigenvalue weighted by molar-refractivity contribution is 0.0947. The Morgan fingerprint density at radius 2 is 1.96 bits per heavy atom. The van der Waals surface area contributed by atoms with Crippen LogP contribution in [-0.4, -0.2) is 22.4 Å². The number of rotatable bonds is 7. The Labute approximate surface area is 141 Å². The Bertz CT molecular complexity index is 643. The van der Waals surface area contributed by atoms with Gasteiger partial charge in [-0.15, -0.1) is 0 Å². The molecule has 0 saturated heterocycles. The fraction of sp³-hybridized carbons (Fsp3) is 0.353. The lowest BCUT2D eigenvalue weighted by Crippen LogP contribution is -2.26. The van der Waals surface area contributed by atoms with E-state index in [1.807, 2.05) is 24.3 Å². The zero-order chi connectivity index (χ0) is 16.7. The van der Waals surface area contributed by atoms with Crippen LogP contribution >= 0.6 is 11.6 Å². The monoisotopic (exact) mass is 332 g/mol. The zero-order valence-electron chi connectivity index (χ0n) is 13.3. The van der Waals surface area contributed by atoms with Gasteiger partial charge in [0, 0.05) is 24.2 Å². The Hall–Kier alpha value is -2.14. The third kappa shape index (κ3) is 5.87. The van der Waals surface area contributed by atoms with Crippen molar-refractivity contribution in [3.05, 3.63) is 52.9 Å². The summed E-state index contributed by atoms with van der Waals surface area (Å²) in [6.45, 7) is 5.49. The van der Waals surface area contributed by atoms with Gasteiger partial charge in [0.05, 0.1) is 0 Å². The molecule has 1 aromatic heterocycles. The molecule has 0 atom stereocenters. The fourth-order valence-electron chi connectivity index (χ4n) is 1.94. The van der Waals surface area contributed by atoms with E-state index in [1.165, 1.54) is 6.33 Å². The van der Waals surface area contributed by atoms with Gasteiger partial charge in [0.1, 0.15) is 17.8 Å². The highest BCUT2D eigenvalue weighted by molar-refractivity contribution is 6.30. The molecule has 0 saturated carbocycles. The van der Waals surface area contributed by atoms with Crippen LogP contribution in [0.15, 0.2) is 36.7 Å². The second kappa shape index (κ2) is 8.48. The van der Waals surface area contributed by atoms with Gasteiger partial charge in [-0.3, -0.25) is 4.79 Å². The number of nitrogens with zero attached hydrogens (tertiary/aromatic N) is 2. The molecule has 0 fully saturated rings. The third-order valence-electron chi connectivity index (χ3n) is 3.29. The van der Waals surface area contributed by atoms with E-state index in [-0.39, 0.29) is 5.91 Å². The number of carbonyl (C=O) groups excluding carboxylic acids is 1. The number of nitrogens with one attached hydrogen (secondary N) is 2. The maximum absolute atomic E-state index is 12.0. The molecule has 122 valence electrons. The van der Waals surface area contributed by atoms with E-state index in [9.17, 15) is 4.79 Å². The van der Waals surface area contributed by atoms with Gasteiger partial charge in [-0.1, -0.05) is 37.6 Å². The van der Waals surface area contributed by atoms with Crippen LogP contribution in [0.1, 0.15) is 36.3 Å². The maximum atomic E-state index is 12.0. The highest BCUT2D eigenvalue weighted by atomic mass is 35.5. The minimum Gasteiger partial charge on any atom is -0.366 e. The molecule has 5 nitrogen and oxygen atoms in total. The molecule has 1 amide bonds. The molecule has 6 heteroatoms. The Kier molecular flexibility index (Phi) is 6.35. The summed E-state index contributed by atoms with van der Waals surface area (Å²) in [5.74, 6) is 0.990. The number of anilines is 1. The summed E-state index contributed by atoms with van der Waals surface area (Å²) in [7, 11) is 0. The lowest BCUT2D eigenvalue weighted by atomic mass is 10.1. The summed E-state index contributed by atoms with van der Waals surface area (Å²) in [6, 6.07) is 9.21. The van der Waals surface area contributed by atoms with E-state index in [0.29, 0.717) is 35.5 Å². The summed E-state index contributed by atoms with van der Waals surface area (Å²) in [6.07, 6.45) is 2.33. The largest absolute Gasteiger partial charge is 0.366 e. The Morgan fingerprint density at radius 3 is 2.65 bits per heavy atom. The average Bonchev–Trinajstić information content (AvgIpc) is 2.54. The number of aromatic nitrogens is 2. The molecule has 1 aromatic carbocycles. The van der Waals surface area contributed by atoms with E-state index in [1.54, 1.807) is 6.07 Å². The van der Waals surface area contributed by atoms with Gasteiger partial charge in [-0.25, -0.2) is 9.97 Å². The summed E-state index contributed by atoms with van der Waals surface area (Å²) in [5, 5.41) is 6.75. The van der Waals surface area contributed by atoms with Gasteiger partial charge in [0.15, 0.2) is 0 Å². The standard InChI is InChI=1S/C17H21ClN4O/c1-12(2)7-8-19-17(23)15-9-16(22-11-21-15)20-10-13-3-5-14(18)6-4-13/h3-6,9,11-12H,7-8,10H2,1-2H3,(H,19,23)(H,20,21,22). The second-order valence-electron chi connectivity index (χ2n) is 5.71. The van der Waals surface area contributed by atoms with Gasteiger partial charge in [0.25, 0.3) is 5.91 Å². The normalized spacial score (nSPS) is 10.6. The average molecular weight is 333 g/mol. The van der Waals surface area contributed by atoms with Crippen LogP contribution in [0.4, 0.5) is 5.82 Å². The van der Waals surface area contributed by atoms with Crippen LogP contribution in [0.3, 0.4) is 0 Å². The molecule has 0 aliphatic carbocycles. The number of hydrogen-bond acceptors (Lipinski definition) is 4. The van der Waals surface area contributed by atoms with E-state index in [4.69, 9.17) is 11.6 Å². The number of amides is 1. The molecule has 2 N–H and O–H groups in total. The van der Waals surface area contributed by atoms with Gasteiger partial charge in [-0.05, 0) is 30.0 Å². The van der Waals surface area contributed by atoms with Crippen molar-refractivity contribution in [3.63, 3.8) is 0 Å². The molecule has 0 aliphatic rings. The summed E-state index contributed by atoms with van der Waals surface area (Å²) < 4.78 is 0. The van der Waals surface area contributed by atoms with E-state index in [2.05, 4.69) is 34.4 Å². The van der Waals surface area contributed by atoms with Gasteiger partial charge in [0.2, 0.25) is 0 Å². The zero-order valence-corrected chi connectivity index (χ0v) is 14.1. The first kappa shape index (κ1) is 17.2. The van der Waals surface area contributed by atoms with Crippen LogP contribution in [0.25, 0.3) is 0 Å². The molecule has 0 unspecified atom stereocenters. The number of hydrogen-bond donors (Lipinski definition) is 2. The highest BCUT2D eigenvalue weighted by Gasteiger charge is 2.08. The van der Waals surface area contributed by atoms with Crippen molar-refractivity contribution >= 4 is 23.3 Å². The lowest BCUT2D eigenvalue weighted by Gasteiger charge is -2.09. The van der Waals surface area contributed by atoms with Gasteiger partial charge < -0.3 is 10.6 Å². The van der Waals surface area contributed by atoms with E-state index >= 15 is 0 Å². The molecular weight excluding hydrogens is 312 g/mol. The second-order valence-corrected chi connectivity index (χ2v) is 6.14. The Balaban J connectivity index is 1.91. The summed E-state index contributed by atoms with van der Waals surface area (Å²) in [4.78, 5) is 20.2. The van der Waals surface area contributed by atoms with Crippen LogP contribution in [0, 0.1) is 5.92 Å². The molecular formula is C17H21ClN4O. The van der Waals surface area contributed by atoms with Crippen molar-refractivity contribution in [2.24, 2.45) is 5.92 Å². The topological polar surface area (TPSA) is 66.9 Å². The molecule has 0 radical (unpaired) electrons. The van der Waals surface area contributed by atoms with Crippen molar-refractivity contribution in [3.8, 4) is 0 Å². The first-order valence-electron chi connectivity index (χ1n) is 7.63. The SMILES string of the molecule is CC(C)CCNC(=O)c1cc(NCc2ccc(Cl)cc2)ncn1. The van der Waals surface area contributed by atoms with Crippen molar-refractivity contribution < 1.29 is 4.79 Å². The van der Waals surface area contributed by atoms with Gasteiger partial charge >= 0.3 is 0 Å². The predicted molar refractivity (Wildman–Crippen MR) is 92.6 cm³/mol. The first-order chi connectivity index (χ1) is 11.0. The first-order valence-corrected chi connectivity index (χ1v) is 8.01. The third-order valence-corrected chi connectivity index (χ3v) is 3.55. The summed E-state index contributed by atoms with van der Waals surface area (Å²) in [5.41, 5.74) is 1.44. The van der Waals surface area contributed by atoms with Crippen LogP contribution in [-0.2, 0) is 6.54 Å². The molecule has 0 spiro atoms. The van der Waals surface area contributed by atoms with Crippen molar-refractivity contribution in [2.75, 3.05) is 11.9 Å². The molecule has 1 heterocycles. The molecule has 0 aliphatic heterocycles. The Morgan fingerprint density at radius 1 is 1.22 bits per heavy atom. The highest BCUT2D eigenvalue weighted by Crippen LogP contribution is 2.11. The predicted octanol–water partition coefficient (Wildman–Crippen LogP) is 3.52. The minimum atomic E-state index is -0.178. The van der Waals surface area contributed by atoms with Gasteiger partial charge in [-0.2, -0.15) is 0 Å². The van der Waals surface area contributed by atoms with E-state index < -0.39 is 0 Å². The minimum absolute atomic E-state index is 0.178. The number of benzene rings is 1.